The summed E-state index contributed by atoms with van der Waals surface area (Å²) >= 11 is 0. The van der Waals surface area contributed by atoms with Gasteiger partial charge in [-0.25, -0.2) is 0 Å². The zero-order valence-corrected chi connectivity index (χ0v) is 12.1. The lowest BCUT2D eigenvalue weighted by atomic mass is 9.86. The van der Waals surface area contributed by atoms with Gasteiger partial charge in [-0.2, -0.15) is 0 Å². The highest BCUT2D eigenvalue weighted by molar-refractivity contribution is 5.84. The molecule has 0 spiro atoms. The second-order valence-corrected chi connectivity index (χ2v) is 6.10. The van der Waals surface area contributed by atoms with Crippen LogP contribution in [0.3, 0.4) is 0 Å². The molecule has 104 valence electrons. The number of hydrogen-bond acceptors (Lipinski definition) is 2. The summed E-state index contributed by atoms with van der Waals surface area (Å²) in [6.45, 7) is 6.66. The Hall–Kier alpha value is -0.570. The summed E-state index contributed by atoms with van der Waals surface area (Å²) in [5.41, 5.74) is 0. The molecular formula is C15H28N2O. The fourth-order valence-corrected chi connectivity index (χ4v) is 3.62. The third kappa shape index (κ3) is 2.71. The van der Waals surface area contributed by atoms with Crippen LogP contribution >= 0.6 is 0 Å². The van der Waals surface area contributed by atoms with E-state index in [4.69, 9.17) is 0 Å². The number of carbonyl (C=O) groups is 1. The molecule has 1 heterocycles. The molecule has 0 aromatic rings. The lowest BCUT2D eigenvalue weighted by Gasteiger charge is -2.37. The van der Waals surface area contributed by atoms with E-state index in [1.165, 1.54) is 25.7 Å². The van der Waals surface area contributed by atoms with E-state index in [2.05, 4.69) is 31.0 Å². The van der Waals surface area contributed by atoms with E-state index in [1.54, 1.807) is 0 Å². The van der Waals surface area contributed by atoms with Crippen molar-refractivity contribution in [2.45, 2.75) is 84.0 Å². The van der Waals surface area contributed by atoms with Crippen LogP contribution in [0.4, 0.5) is 0 Å². The van der Waals surface area contributed by atoms with Crippen molar-refractivity contribution in [2.75, 3.05) is 0 Å². The molecular weight excluding hydrogens is 224 g/mol. The summed E-state index contributed by atoms with van der Waals surface area (Å²) in [6, 6.07) is 0.567. The average molecular weight is 252 g/mol. The SMILES string of the molecule is CCCC1NC(CC)N(C2CCCC(C)C2)C1=O. The van der Waals surface area contributed by atoms with Gasteiger partial charge in [0.1, 0.15) is 0 Å². The van der Waals surface area contributed by atoms with Crippen LogP contribution in [0.1, 0.15) is 65.7 Å². The minimum absolute atomic E-state index is 0.0807. The van der Waals surface area contributed by atoms with Crippen molar-refractivity contribution in [1.82, 2.24) is 10.2 Å². The van der Waals surface area contributed by atoms with Crippen LogP contribution in [0.2, 0.25) is 0 Å². The molecule has 1 amide bonds. The van der Waals surface area contributed by atoms with Crippen molar-refractivity contribution >= 4 is 5.91 Å². The molecule has 0 radical (unpaired) electrons. The quantitative estimate of drug-likeness (QED) is 0.834. The van der Waals surface area contributed by atoms with Crippen molar-refractivity contribution in [3.05, 3.63) is 0 Å². The van der Waals surface area contributed by atoms with Gasteiger partial charge in [0.05, 0.1) is 12.2 Å². The highest BCUT2D eigenvalue weighted by atomic mass is 16.2. The lowest BCUT2D eigenvalue weighted by Crippen LogP contribution is -2.46. The summed E-state index contributed by atoms with van der Waals surface area (Å²) < 4.78 is 0. The second-order valence-electron chi connectivity index (χ2n) is 6.10. The van der Waals surface area contributed by atoms with Crippen molar-refractivity contribution < 1.29 is 4.79 Å². The van der Waals surface area contributed by atoms with Crippen LogP contribution in [0.15, 0.2) is 0 Å². The highest BCUT2D eigenvalue weighted by Gasteiger charge is 2.41. The molecule has 1 aliphatic heterocycles. The smallest absolute Gasteiger partial charge is 0.241 e. The first-order valence-corrected chi connectivity index (χ1v) is 7.75. The van der Waals surface area contributed by atoms with Crippen LogP contribution in [0.25, 0.3) is 0 Å². The molecule has 0 bridgehead atoms. The summed E-state index contributed by atoms with van der Waals surface area (Å²) in [6.07, 6.45) is 8.38. The number of hydrogen-bond donors (Lipinski definition) is 1. The van der Waals surface area contributed by atoms with Crippen molar-refractivity contribution in [3.8, 4) is 0 Å². The van der Waals surface area contributed by atoms with Crippen molar-refractivity contribution in [1.29, 1.82) is 0 Å². The van der Waals surface area contributed by atoms with E-state index >= 15 is 0 Å². The van der Waals surface area contributed by atoms with Crippen LogP contribution in [0, 0.1) is 5.92 Å². The Labute approximate surface area is 111 Å². The zero-order valence-electron chi connectivity index (χ0n) is 12.1. The van der Waals surface area contributed by atoms with Crippen molar-refractivity contribution in [2.24, 2.45) is 5.92 Å². The molecule has 3 heteroatoms. The fraction of sp³-hybridized carbons (Fsp3) is 0.933. The third-order valence-electron chi connectivity index (χ3n) is 4.55. The maximum atomic E-state index is 12.5. The zero-order chi connectivity index (χ0) is 13.1. The number of carbonyl (C=O) groups excluding carboxylic acids is 1. The molecule has 4 atom stereocenters. The Balaban J connectivity index is 2.06. The van der Waals surface area contributed by atoms with Gasteiger partial charge in [-0.15, -0.1) is 0 Å². The predicted octanol–water partition coefficient (Wildman–Crippen LogP) is 2.90. The van der Waals surface area contributed by atoms with E-state index in [1.807, 2.05) is 0 Å². The van der Waals surface area contributed by atoms with Gasteiger partial charge >= 0.3 is 0 Å². The van der Waals surface area contributed by atoms with Gasteiger partial charge in [0.15, 0.2) is 0 Å². The van der Waals surface area contributed by atoms with Gasteiger partial charge < -0.3 is 4.90 Å². The Kier molecular flexibility index (Phi) is 4.66. The van der Waals surface area contributed by atoms with Crippen LogP contribution in [-0.4, -0.2) is 29.1 Å². The summed E-state index contributed by atoms with van der Waals surface area (Å²) in [5, 5.41) is 3.53. The lowest BCUT2D eigenvalue weighted by molar-refractivity contribution is -0.133. The molecule has 2 rings (SSSR count). The Morgan fingerprint density at radius 3 is 2.72 bits per heavy atom. The van der Waals surface area contributed by atoms with Gasteiger partial charge in [0.2, 0.25) is 5.91 Å². The van der Waals surface area contributed by atoms with Crippen LogP contribution in [-0.2, 0) is 4.79 Å². The molecule has 2 fully saturated rings. The molecule has 1 N–H and O–H groups in total. The maximum absolute atomic E-state index is 12.5. The molecule has 1 saturated carbocycles. The molecule has 1 aliphatic carbocycles. The standard InChI is InChI=1S/C15H28N2O/c1-4-7-13-15(18)17(14(5-2)16-13)12-9-6-8-11(3)10-12/h11-14,16H,4-10H2,1-3H3. The number of amides is 1. The van der Waals surface area contributed by atoms with Gasteiger partial charge in [0, 0.05) is 6.04 Å². The van der Waals surface area contributed by atoms with E-state index in [0.29, 0.717) is 11.9 Å². The van der Waals surface area contributed by atoms with E-state index in [9.17, 15) is 4.79 Å². The molecule has 3 nitrogen and oxygen atoms in total. The normalized spacial score (nSPS) is 37.3. The van der Waals surface area contributed by atoms with E-state index < -0.39 is 0 Å². The first-order valence-electron chi connectivity index (χ1n) is 7.75. The van der Waals surface area contributed by atoms with Gasteiger partial charge in [-0.05, 0) is 31.6 Å². The molecule has 1 saturated heterocycles. The predicted molar refractivity (Wildman–Crippen MR) is 74.2 cm³/mol. The first kappa shape index (κ1) is 13.9. The highest BCUT2D eigenvalue weighted by Crippen LogP contribution is 2.31. The molecule has 18 heavy (non-hydrogen) atoms. The Morgan fingerprint density at radius 1 is 1.33 bits per heavy atom. The Bertz CT molecular complexity index is 292. The molecule has 0 aromatic heterocycles. The van der Waals surface area contributed by atoms with Crippen molar-refractivity contribution in [3.63, 3.8) is 0 Å². The van der Waals surface area contributed by atoms with Crippen LogP contribution in [0.5, 0.6) is 0 Å². The first-order chi connectivity index (χ1) is 8.67. The van der Waals surface area contributed by atoms with Gasteiger partial charge in [-0.3, -0.25) is 10.1 Å². The minimum atomic E-state index is 0.0807. The Morgan fingerprint density at radius 2 is 2.11 bits per heavy atom. The number of nitrogens with zero attached hydrogens (tertiary/aromatic N) is 1. The van der Waals surface area contributed by atoms with E-state index in [-0.39, 0.29) is 12.2 Å². The average Bonchev–Trinajstić information content (AvgIpc) is 2.67. The summed E-state index contributed by atoms with van der Waals surface area (Å²) in [5.74, 6) is 1.14. The molecule has 2 aliphatic rings. The fourth-order valence-electron chi connectivity index (χ4n) is 3.62. The molecule has 0 aromatic carbocycles. The van der Waals surface area contributed by atoms with Crippen LogP contribution < -0.4 is 5.32 Å². The minimum Gasteiger partial charge on any atom is -0.323 e. The third-order valence-corrected chi connectivity index (χ3v) is 4.55. The summed E-state index contributed by atoms with van der Waals surface area (Å²) in [4.78, 5) is 14.7. The van der Waals surface area contributed by atoms with Gasteiger partial charge in [0.25, 0.3) is 0 Å². The largest absolute Gasteiger partial charge is 0.323 e. The number of nitrogens with one attached hydrogen (secondary N) is 1. The van der Waals surface area contributed by atoms with Gasteiger partial charge in [-0.1, -0.05) is 40.0 Å². The maximum Gasteiger partial charge on any atom is 0.241 e. The molecule has 4 unspecified atom stereocenters. The summed E-state index contributed by atoms with van der Waals surface area (Å²) in [7, 11) is 0. The monoisotopic (exact) mass is 252 g/mol. The second kappa shape index (κ2) is 6.05. The number of rotatable bonds is 4. The van der Waals surface area contributed by atoms with E-state index in [0.717, 1.165) is 25.2 Å². The topological polar surface area (TPSA) is 32.3 Å².